The zero-order valence-corrected chi connectivity index (χ0v) is 9.86. The fourth-order valence-corrected chi connectivity index (χ4v) is 1.08. The van der Waals surface area contributed by atoms with Crippen LogP contribution in [-0.4, -0.2) is 35.5 Å². The van der Waals surface area contributed by atoms with Gasteiger partial charge in [-0.1, -0.05) is 13.3 Å². The Hall–Kier alpha value is -2.12. The van der Waals surface area contributed by atoms with Gasteiger partial charge in [0.05, 0.1) is 12.3 Å². The largest absolute Gasteiger partial charge is 0.356 e. The lowest BCUT2D eigenvalue weighted by molar-refractivity contribution is 0.173. The minimum Gasteiger partial charge on any atom is -0.245 e. The Kier molecular flexibility index (Phi) is 4.92. The van der Waals surface area contributed by atoms with Crippen LogP contribution in [0.25, 0.3) is 0 Å². The molecule has 4 amide bonds. The molecule has 0 saturated heterocycles. The first-order chi connectivity index (χ1) is 8.13. The van der Waals surface area contributed by atoms with Crippen molar-refractivity contribution in [1.29, 1.82) is 0 Å². The average molecular weight is 240 g/mol. The first-order valence-electron chi connectivity index (χ1n) is 5.32. The van der Waals surface area contributed by atoms with Crippen molar-refractivity contribution in [2.24, 2.45) is 10.2 Å². The van der Waals surface area contributed by atoms with Crippen molar-refractivity contribution in [2.75, 3.05) is 6.54 Å². The molecule has 0 unspecified atom stereocenters. The highest BCUT2D eigenvalue weighted by atomic mass is 16.2. The lowest BCUT2D eigenvalue weighted by Crippen LogP contribution is -2.55. The van der Waals surface area contributed by atoms with Gasteiger partial charge in [-0.3, -0.25) is 0 Å². The Morgan fingerprint density at radius 3 is 3.18 bits per heavy atom. The molecule has 0 aromatic heterocycles. The third-order valence-corrected chi connectivity index (χ3v) is 1.89. The van der Waals surface area contributed by atoms with E-state index in [0.29, 0.717) is 5.71 Å². The van der Waals surface area contributed by atoms with Gasteiger partial charge in [-0.05, 0) is 13.3 Å². The summed E-state index contributed by atoms with van der Waals surface area (Å²) in [7, 11) is 0. The second kappa shape index (κ2) is 6.46. The van der Waals surface area contributed by atoms with Gasteiger partial charge in [-0.2, -0.15) is 10.2 Å². The molecule has 1 aliphatic heterocycles. The van der Waals surface area contributed by atoms with E-state index in [1.54, 1.807) is 13.1 Å². The Bertz CT molecular complexity index is 351. The van der Waals surface area contributed by atoms with E-state index in [1.165, 1.54) is 0 Å². The van der Waals surface area contributed by atoms with Gasteiger partial charge in [0.15, 0.2) is 0 Å². The summed E-state index contributed by atoms with van der Waals surface area (Å²) >= 11 is 0. The zero-order valence-electron chi connectivity index (χ0n) is 9.86. The predicted molar refractivity (Wildman–Crippen MR) is 63.4 cm³/mol. The summed E-state index contributed by atoms with van der Waals surface area (Å²) in [6.45, 7) is 4.00. The van der Waals surface area contributed by atoms with E-state index in [4.69, 9.17) is 0 Å². The summed E-state index contributed by atoms with van der Waals surface area (Å²) in [5, 5.41) is 8.54. The third-order valence-electron chi connectivity index (χ3n) is 1.89. The lowest BCUT2D eigenvalue weighted by atomic mass is 10.4. The molecule has 0 atom stereocenters. The van der Waals surface area contributed by atoms with Crippen LogP contribution in [0.2, 0.25) is 0 Å². The molecular formula is C9H16N6O2. The number of carbonyl (C=O) groups is 2. The Morgan fingerprint density at radius 2 is 2.47 bits per heavy atom. The van der Waals surface area contributed by atoms with Gasteiger partial charge in [-0.15, -0.1) is 0 Å². The number of nitrogens with one attached hydrogen (secondary N) is 3. The number of hydrazone groups is 2. The van der Waals surface area contributed by atoms with E-state index in [-0.39, 0.29) is 6.54 Å². The predicted octanol–water partition coefficient (Wildman–Crippen LogP) is 0.388. The van der Waals surface area contributed by atoms with Crippen molar-refractivity contribution in [3.63, 3.8) is 0 Å². The molecule has 0 radical (unpaired) electrons. The summed E-state index contributed by atoms with van der Waals surface area (Å²) in [4.78, 5) is 22.6. The van der Waals surface area contributed by atoms with Crippen LogP contribution in [0.3, 0.4) is 0 Å². The highest BCUT2D eigenvalue weighted by Crippen LogP contribution is 1.93. The molecular weight excluding hydrogens is 224 g/mol. The number of urea groups is 2. The van der Waals surface area contributed by atoms with Crippen LogP contribution in [0, 0.1) is 0 Å². The van der Waals surface area contributed by atoms with E-state index in [0.717, 1.165) is 17.9 Å². The van der Waals surface area contributed by atoms with Crippen molar-refractivity contribution in [3.05, 3.63) is 0 Å². The van der Waals surface area contributed by atoms with Crippen molar-refractivity contribution >= 4 is 24.0 Å². The Morgan fingerprint density at radius 1 is 1.71 bits per heavy atom. The van der Waals surface area contributed by atoms with Crippen LogP contribution in [-0.2, 0) is 0 Å². The van der Waals surface area contributed by atoms with E-state index >= 15 is 0 Å². The molecule has 0 bridgehead atoms. The highest BCUT2D eigenvalue weighted by Gasteiger charge is 2.20. The van der Waals surface area contributed by atoms with Crippen LogP contribution in [0.1, 0.15) is 26.7 Å². The van der Waals surface area contributed by atoms with Crippen molar-refractivity contribution in [1.82, 2.24) is 21.3 Å². The molecule has 0 fully saturated rings. The SMILES string of the molecule is CCC/C=N/NC(=O)NN1CC(C)=NNC1=O. The van der Waals surface area contributed by atoms with Crippen molar-refractivity contribution in [2.45, 2.75) is 26.7 Å². The number of rotatable bonds is 4. The smallest absolute Gasteiger partial charge is 0.245 e. The third kappa shape index (κ3) is 4.49. The number of hydrazine groups is 1. The second-order valence-electron chi connectivity index (χ2n) is 3.50. The molecule has 0 spiro atoms. The molecule has 8 heteroatoms. The maximum Gasteiger partial charge on any atom is 0.356 e. The fourth-order valence-electron chi connectivity index (χ4n) is 1.08. The minimum atomic E-state index is -0.567. The number of hydrogen-bond donors (Lipinski definition) is 3. The monoisotopic (exact) mass is 240 g/mol. The molecule has 1 rings (SSSR count). The highest BCUT2D eigenvalue weighted by molar-refractivity contribution is 5.92. The normalized spacial score (nSPS) is 15.5. The minimum absolute atomic E-state index is 0.248. The molecule has 94 valence electrons. The average Bonchev–Trinajstić information content (AvgIpc) is 2.29. The quantitative estimate of drug-likeness (QED) is 0.489. The van der Waals surface area contributed by atoms with Gasteiger partial charge in [0.2, 0.25) is 0 Å². The van der Waals surface area contributed by atoms with E-state index < -0.39 is 12.1 Å². The zero-order chi connectivity index (χ0) is 12.7. The molecule has 1 aliphatic rings. The summed E-state index contributed by atoms with van der Waals surface area (Å²) in [6.07, 6.45) is 3.34. The molecule has 3 N–H and O–H groups in total. The van der Waals surface area contributed by atoms with Gasteiger partial charge in [0.1, 0.15) is 0 Å². The van der Waals surface area contributed by atoms with Gasteiger partial charge in [-0.25, -0.2) is 30.9 Å². The number of amides is 4. The van der Waals surface area contributed by atoms with Gasteiger partial charge in [0.25, 0.3) is 0 Å². The first kappa shape index (κ1) is 12.9. The van der Waals surface area contributed by atoms with Crippen LogP contribution in [0.4, 0.5) is 9.59 Å². The maximum atomic E-state index is 11.3. The maximum absolute atomic E-state index is 11.3. The number of nitrogens with zero attached hydrogens (tertiary/aromatic N) is 3. The van der Waals surface area contributed by atoms with E-state index in [2.05, 4.69) is 26.5 Å². The molecule has 17 heavy (non-hydrogen) atoms. The molecule has 8 nitrogen and oxygen atoms in total. The standard InChI is InChI=1S/C9H16N6O2/c1-3-4-5-10-12-8(16)14-15-6-7(2)11-13-9(15)17/h5H,3-4,6H2,1-2H3,(H,13,17)(H2,12,14,16)/b10-5+. The Labute approximate surface area is 99.1 Å². The summed E-state index contributed by atoms with van der Waals surface area (Å²) in [5.74, 6) is 0. The molecule has 0 aromatic carbocycles. The number of unbranched alkanes of at least 4 members (excludes halogenated alkanes) is 1. The molecule has 1 heterocycles. The van der Waals surface area contributed by atoms with Gasteiger partial charge < -0.3 is 0 Å². The fraction of sp³-hybridized carbons (Fsp3) is 0.556. The van der Waals surface area contributed by atoms with Crippen LogP contribution < -0.4 is 16.3 Å². The summed E-state index contributed by atoms with van der Waals surface area (Å²) in [6, 6.07) is -1.05. The van der Waals surface area contributed by atoms with Gasteiger partial charge >= 0.3 is 12.1 Å². The van der Waals surface area contributed by atoms with E-state index in [1.807, 2.05) is 6.92 Å². The van der Waals surface area contributed by atoms with Gasteiger partial charge in [0, 0.05) is 6.21 Å². The Balaban J connectivity index is 2.35. The number of hydrogen-bond acceptors (Lipinski definition) is 4. The molecule has 0 aromatic rings. The van der Waals surface area contributed by atoms with E-state index in [9.17, 15) is 9.59 Å². The topological polar surface area (TPSA) is 98.2 Å². The van der Waals surface area contributed by atoms with Crippen LogP contribution in [0.15, 0.2) is 10.2 Å². The van der Waals surface area contributed by atoms with Crippen LogP contribution in [0.5, 0.6) is 0 Å². The first-order valence-corrected chi connectivity index (χ1v) is 5.32. The van der Waals surface area contributed by atoms with Crippen molar-refractivity contribution < 1.29 is 9.59 Å². The summed E-state index contributed by atoms with van der Waals surface area (Å²) in [5.41, 5.74) is 7.56. The van der Waals surface area contributed by atoms with Crippen molar-refractivity contribution in [3.8, 4) is 0 Å². The number of carbonyl (C=O) groups excluding carboxylic acids is 2. The lowest BCUT2D eigenvalue weighted by Gasteiger charge is -2.25. The second-order valence-corrected chi connectivity index (χ2v) is 3.50. The summed E-state index contributed by atoms with van der Waals surface area (Å²) < 4.78 is 0. The molecule has 0 saturated carbocycles. The molecule has 0 aliphatic carbocycles. The van der Waals surface area contributed by atoms with Crippen LogP contribution >= 0.6 is 0 Å².